The summed E-state index contributed by atoms with van der Waals surface area (Å²) in [5.41, 5.74) is 9.16. The summed E-state index contributed by atoms with van der Waals surface area (Å²) in [6.07, 6.45) is 1.72. The van der Waals surface area contributed by atoms with Gasteiger partial charge in [0.1, 0.15) is 0 Å². The van der Waals surface area contributed by atoms with Gasteiger partial charge >= 0.3 is 18.0 Å². The summed E-state index contributed by atoms with van der Waals surface area (Å²) in [4.78, 5) is 29.6. The van der Waals surface area contributed by atoms with Gasteiger partial charge in [-0.15, -0.1) is 0 Å². The number of rotatable bonds is 4. The summed E-state index contributed by atoms with van der Waals surface area (Å²) in [6, 6.07) is 0. The third-order valence-corrected chi connectivity index (χ3v) is 1.12. The molecule has 0 unspecified atom stereocenters. The Balaban J connectivity index is 0. The molecule has 0 aliphatic rings. The van der Waals surface area contributed by atoms with Crippen molar-refractivity contribution in [2.45, 2.75) is 6.92 Å². The Morgan fingerprint density at radius 3 is 1.94 bits per heavy atom. The lowest BCUT2D eigenvalue weighted by atomic mass is 10.2. The summed E-state index contributed by atoms with van der Waals surface area (Å²) in [6.45, 7) is 2.06. The van der Waals surface area contributed by atoms with Gasteiger partial charge in [-0.3, -0.25) is 0 Å². The molecule has 6 N–H and O–H groups in total. The standard InChI is InChI=1S/C6H7NO4.C3H7NO2/c7-3-4(6(10)11)1-2-5(8)9;1-2-6-3(4)5/h1-3H,7H2,(H,8,9)(H,10,11);2H2,1H3,(H2,4,5). The van der Waals surface area contributed by atoms with Crippen LogP contribution in [0, 0.1) is 0 Å². The number of carboxylic acid groups (broad SMARTS) is 2. The first-order chi connectivity index (χ1) is 7.84. The zero-order valence-corrected chi connectivity index (χ0v) is 9.12. The molecule has 0 aromatic rings. The van der Waals surface area contributed by atoms with Gasteiger partial charge in [-0.05, 0) is 13.0 Å². The number of nitrogens with two attached hydrogens (primary N) is 2. The molecule has 0 rings (SSSR count). The number of hydrogen-bond donors (Lipinski definition) is 4. The van der Waals surface area contributed by atoms with Crippen molar-refractivity contribution in [2.75, 3.05) is 6.61 Å². The van der Waals surface area contributed by atoms with E-state index in [-0.39, 0.29) is 5.57 Å². The molecule has 0 aromatic carbocycles. The molecular weight excluding hydrogens is 232 g/mol. The summed E-state index contributed by atoms with van der Waals surface area (Å²) in [7, 11) is 0. The van der Waals surface area contributed by atoms with Crippen molar-refractivity contribution in [3.63, 3.8) is 0 Å². The molecule has 17 heavy (non-hydrogen) atoms. The van der Waals surface area contributed by atoms with E-state index in [4.69, 9.17) is 15.9 Å². The van der Waals surface area contributed by atoms with E-state index in [0.29, 0.717) is 12.7 Å². The molecule has 0 bridgehead atoms. The van der Waals surface area contributed by atoms with E-state index < -0.39 is 18.0 Å². The Hall–Kier alpha value is -2.51. The van der Waals surface area contributed by atoms with Gasteiger partial charge in [-0.25, -0.2) is 14.4 Å². The SMILES string of the molecule is CCOC(N)=O.NC=C(C=CC(=O)O)C(=O)O. The first kappa shape index (κ1) is 16.9. The van der Waals surface area contributed by atoms with Crippen LogP contribution in [-0.4, -0.2) is 34.9 Å². The Morgan fingerprint density at radius 2 is 1.76 bits per heavy atom. The maximum absolute atomic E-state index is 10.2. The van der Waals surface area contributed by atoms with Crippen molar-refractivity contribution < 1.29 is 29.3 Å². The molecule has 0 saturated carbocycles. The van der Waals surface area contributed by atoms with Gasteiger partial charge < -0.3 is 26.4 Å². The minimum absolute atomic E-state index is 0.257. The molecule has 1 amide bonds. The number of carboxylic acids is 2. The molecule has 8 heteroatoms. The fraction of sp³-hybridized carbons (Fsp3) is 0.222. The van der Waals surface area contributed by atoms with Gasteiger partial charge in [0.15, 0.2) is 0 Å². The van der Waals surface area contributed by atoms with Crippen LogP contribution in [-0.2, 0) is 14.3 Å². The molecule has 8 nitrogen and oxygen atoms in total. The van der Waals surface area contributed by atoms with Crippen LogP contribution in [0.15, 0.2) is 23.9 Å². The second kappa shape index (κ2) is 10.0. The third-order valence-electron chi connectivity index (χ3n) is 1.12. The van der Waals surface area contributed by atoms with Crippen LogP contribution in [0.25, 0.3) is 0 Å². The van der Waals surface area contributed by atoms with Gasteiger partial charge in [0.25, 0.3) is 0 Å². The predicted octanol–water partition coefficient (Wildman–Crippen LogP) is -0.344. The Kier molecular flexibility index (Phi) is 9.97. The molecule has 0 aliphatic heterocycles. The predicted molar refractivity (Wildman–Crippen MR) is 57.9 cm³/mol. The molecule has 0 aliphatic carbocycles. The highest BCUT2D eigenvalue weighted by Crippen LogP contribution is 1.93. The molecule has 0 atom stereocenters. The van der Waals surface area contributed by atoms with Crippen LogP contribution >= 0.6 is 0 Å². The van der Waals surface area contributed by atoms with E-state index in [1.54, 1.807) is 6.92 Å². The lowest BCUT2D eigenvalue weighted by Gasteiger charge is -1.89. The monoisotopic (exact) mass is 246 g/mol. The van der Waals surface area contributed by atoms with Gasteiger partial charge in [-0.1, -0.05) is 0 Å². The quantitative estimate of drug-likeness (QED) is 0.390. The van der Waals surface area contributed by atoms with E-state index in [1.807, 2.05) is 0 Å². The maximum Gasteiger partial charge on any atom is 0.404 e. The number of carbonyl (C=O) groups is 3. The van der Waals surface area contributed by atoms with Crippen molar-refractivity contribution in [2.24, 2.45) is 11.5 Å². The number of amides is 1. The highest BCUT2D eigenvalue weighted by Gasteiger charge is 2.01. The molecule has 0 fully saturated rings. The second-order valence-electron chi connectivity index (χ2n) is 2.35. The Bertz CT molecular complexity index is 334. The average Bonchev–Trinajstić information content (AvgIpc) is 2.18. The third kappa shape index (κ3) is 13.5. The second-order valence-corrected chi connectivity index (χ2v) is 2.35. The van der Waals surface area contributed by atoms with E-state index in [1.165, 1.54) is 0 Å². The number of carbonyl (C=O) groups excluding carboxylic acids is 1. The van der Waals surface area contributed by atoms with Crippen LogP contribution in [0.3, 0.4) is 0 Å². The summed E-state index contributed by atoms with van der Waals surface area (Å²) in [5.74, 6) is -2.48. The van der Waals surface area contributed by atoms with Crippen LogP contribution in [0.4, 0.5) is 4.79 Å². The normalized spacial score (nSPS) is 10.3. The molecule has 0 saturated heterocycles. The van der Waals surface area contributed by atoms with Crippen molar-refractivity contribution in [1.29, 1.82) is 0 Å². The maximum atomic E-state index is 10.2. The molecule has 0 aromatic heterocycles. The Morgan fingerprint density at radius 1 is 1.24 bits per heavy atom. The fourth-order valence-corrected chi connectivity index (χ4v) is 0.501. The largest absolute Gasteiger partial charge is 0.478 e. The number of aliphatic carboxylic acids is 2. The minimum atomic E-state index is -1.26. The Labute approximate surface area is 97.2 Å². The molecule has 96 valence electrons. The van der Waals surface area contributed by atoms with E-state index in [9.17, 15) is 14.4 Å². The molecule has 0 spiro atoms. The fourth-order valence-electron chi connectivity index (χ4n) is 0.501. The van der Waals surface area contributed by atoms with Gasteiger partial charge in [0.2, 0.25) is 0 Å². The topological polar surface area (TPSA) is 153 Å². The number of primary amides is 1. The highest BCUT2D eigenvalue weighted by molar-refractivity contribution is 5.92. The van der Waals surface area contributed by atoms with Gasteiger partial charge in [-0.2, -0.15) is 0 Å². The van der Waals surface area contributed by atoms with Crippen LogP contribution in [0.1, 0.15) is 6.92 Å². The first-order valence-electron chi connectivity index (χ1n) is 4.33. The zero-order chi connectivity index (χ0) is 13.8. The van der Waals surface area contributed by atoms with Gasteiger partial charge in [0.05, 0.1) is 12.2 Å². The van der Waals surface area contributed by atoms with E-state index >= 15 is 0 Å². The summed E-state index contributed by atoms with van der Waals surface area (Å²) >= 11 is 0. The lowest BCUT2D eigenvalue weighted by Crippen LogP contribution is -2.11. The van der Waals surface area contributed by atoms with Crippen molar-refractivity contribution >= 4 is 18.0 Å². The van der Waals surface area contributed by atoms with Crippen molar-refractivity contribution in [3.05, 3.63) is 23.9 Å². The zero-order valence-electron chi connectivity index (χ0n) is 9.12. The number of hydrogen-bond acceptors (Lipinski definition) is 5. The summed E-state index contributed by atoms with van der Waals surface area (Å²) < 4.78 is 4.18. The molecule has 0 heterocycles. The van der Waals surface area contributed by atoms with Crippen LogP contribution in [0.5, 0.6) is 0 Å². The molecular formula is C9H14N2O6. The van der Waals surface area contributed by atoms with Crippen molar-refractivity contribution in [1.82, 2.24) is 0 Å². The van der Waals surface area contributed by atoms with E-state index in [0.717, 1.165) is 12.3 Å². The highest BCUT2D eigenvalue weighted by atomic mass is 16.5. The van der Waals surface area contributed by atoms with Crippen LogP contribution < -0.4 is 11.5 Å². The lowest BCUT2D eigenvalue weighted by molar-refractivity contribution is -0.132. The van der Waals surface area contributed by atoms with Crippen LogP contribution in [0.2, 0.25) is 0 Å². The smallest absolute Gasteiger partial charge is 0.404 e. The summed E-state index contributed by atoms with van der Waals surface area (Å²) in [5, 5.41) is 16.4. The van der Waals surface area contributed by atoms with Gasteiger partial charge in [0, 0.05) is 12.3 Å². The van der Waals surface area contributed by atoms with Crippen molar-refractivity contribution in [3.8, 4) is 0 Å². The number of ether oxygens (including phenoxy) is 1. The van der Waals surface area contributed by atoms with E-state index in [2.05, 4.69) is 10.5 Å². The molecule has 0 radical (unpaired) electrons. The average molecular weight is 246 g/mol. The first-order valence-corrected chi connectivity index (χ1v) is 4.33. The minimum Gasteiger partial charge on any atom is -0.478 e.